The first-order valence-corrected chi connectivity index (χ1v) is 2.64. The predicted octanol–water partition coefficient (Wildman–Crippen LogP) is -0.235. The van der Waals surface area contributed by atoms with E-state index in [9.17, 15) is 0 Å². The minimum Gasteiger partial charge on any atom is -0.330 e. The third-order valence-electron chi connectivity index (χ3n) is 1.15. The van der Waals surface area contributed by atoms with E-state index in [0.717, 1.165) is 0 Å². The highest BCUT2D eigenvalue weighted by molar-refractivity contribution is 5.66. The van der Waals surface area contributed by atoms with Gasteiger partial charge >= 0.3 is 0 Å². The fourth-order valence-electron chi connectivity index (χ4n) is 0.703. The summed E-state index contributed by atoms with van der Waals surface area (Å²) in [7, 11) is 0. The van der Waals surface area contributed by atoms with E-state index in [2.05, 4.69) is 19.9 Å². The summed E-state index contributed by atoms with van der Waals surface area (Å²) in [6.07, 6.45) is -0.166. The van der Waals surface area contributed by atoms with Gasteiger partial charge < -0.3 is 9.97 Å². The SMILES string of the molecule is [3H]c1nc2[nH]c([3H])nc2c(=N)[nH]1. The summed E-state index contributed by atoms with van der Waals surface area (Å²) in [6.45, 7) is 0. The van der Waals surface area contributed by atoms with Gasteiger partial charge in [0.25, 0.3) is 0 Å². The van der Waals surface area contributed by atoms with Gasteiger partial charge in [0, 0.05) is 0 Å². The third kappa shape index (κ3) is 0.540. The first-order valence-electron chi connectivity index (χ1n) is 3.64. The number of rotatable bonds is 0. The molecule has 0 aliphatic heterocycles. The monoisotopic (exact) mass is 139 g/mol. The molecule has 0 unspecified atom stereocenters. The van der Waals surface area contributed by atoms with Crippen molar-refractivity contribution in [1.29, 1.82) is 5.41 Å². The second-order valence-electron chi connectivity index (χ2n) is 1.77. The van der Waals surface area contributed by atoms with Crippen molar-refractivity contribution in [2.45, 2.75) is 0 Å². The zero-order chi connectivity index (χ0) is 8.72. The van der Waals surface area contributed by atoms with Crippen molar-refractivity contribution in [3.8, 4) is 0 Å². The molecule has 0 amide bonds. The van der Waals surface area contributed by atoms with Crippen LogP contribution in [0.2, 0.25) is 0 Å². The van der Waals surface area contributed by atoms with Crippen LogP contribution in [0, 0.1) is 5.41 Å². The van der Waals surface area contributed by atoms with Crippen LogP contribution < -0.4 is 5.49 Å². The van der Waals surface area contributed by atoms with Crippen LogP contribution in [0.15, 0.2) is 12.6 Å². The number of nitrogens with zero attached hydrogens (tertiary/aromatic N) is 2. The van der Waals surface area contributed by atoms with Gasteiger partial charge in [0.2, 0.25) is 0 Å². The molecule has 0 fully saturated rings. The number of hydrogen-bond donors (Lipinski definition) is 3. The molecule has 2 aromatic rings. The highest BCUT2D eigenvalue weighted by Gasteiger charge is 1.95. The number of aromatic nitrogens is 4. The average Bonchev–Trinajstić information content (AvgIpc) is 2.29. The third-order valence-corrected chi connectivity index (χ3v) is 1.15. The summed E-state index contributed by atoms with van der Waals surface area (Å²) in [6, 6.07) is 0. The number of fused-ring (bicyclic) bond motifs is 1. The molecule has 5 heteroatoms. The van der Waals surface area contributed by atoms with E-state index in [0.29, 0.717) is 5.65 Å². The molecule has 2 rings (SSSR count). The number of aromatic amines is 2. The quantitative estimate of drug-likeness (QED) is 0.471. The Hall–Kier alpha value is -1.65. The fraction of sp³-hybridized carbons (Fsp3) is 0. The first-order chi connectivity index (χ1) is 5.66. The summed E-state index contributed by atoms with van der Waals surface area (Å²) < 4.78 is 14.3. The van der Waals surface area contributed by atoms with Gasteiger partial charge in [-0.3, -0.25) is 5.41 Å². The molecular formula is C5H5N5. The van der Waals surface area contributed by atoms with E-state index >= 15 is 0 Å². The summed E-state index contributed by atoms with van der Waals surface area (Å²) in [5.41, 5.74) is 0.588. The van der Waals surface area contributed by atoms with Crippen molar-refractivity contribution in [2.24, 2.45) is 0 Å². The van der Waals surface area contributed by atoms with Crippen LogP contribution >= 0.6 is 0 Å². The minimum atomic E-state index is -0.115. The molecule has 2 heterocycles. The van der Waals surface area contributed by atoms with Crippen molar-refractivity contribution >= 4 is 11.2 Å². The van der Waals surface area contributed by atoms with Gasteiger partial charge in [0.15, 0.2) is 11.1 Å². The van der Waals surface area contributed by atoms with Crippen molar-refractivity contribution in [3.63, 3.8) is 0 Å². The maximum absolute atomic E-state index is 7.34. The fourth-order valence-corrected chi connectivity index (χ4v) is 0.703. The van der Waals surface area contributed by atoms with Crippen molar-refractivity contribution < 1.29 is 2.74 Å². The number of hydrogen-bond acceptors (Lipinski definition) is 3. The van der Waals surface area contributed by atoms with Crippen molar-refractivity contribution in [2.75, 3.05) is 0 Å². The maximum atomic E-state index is 7.34. The second kappa shape index (κ2) is 1.66. The summed E-state index contributed by atoms with van der Waals surface area (Å²) >= 11 is 0. The molecule has 0 aliphatic carbocycles. The maximum Gasteiger partial charge on any atom is 0.162 e. The van der Waals surface area contributed by atoms with Gasteiger partial charge in [0.1, 0.15) is 8.26 Å². The Morgan fingerprint density at radius 3 is 3.10 bits per heavy atom. The molecule has 0 aromatic carbocycles. The van der Waals surface area contributed by atoms with E-state index in [4.69, 9.17) is 8.15 Å². The molecule has 0 bridgehead atoms. The molecule has 0 radical (unpaired) electrons. The van der Waals surface area contributed by atoms with Crippen molar-refractivity contribution in [1.82, 2.24) is 19.9 Å². The van der Waals surface area contributed by atoms with Gasteiger partial charge in [-0.2, -0.15) is 0 Å². The Kier molecular flexibility index (Phi) is 0.582. The minimum absolute atomic E-state index is 0.000231. The molecule has 5 nitrogen and oxygen atoms in total. The molecule has 3 N–H and O–H groups in total. The van der Waals surface area contributed by atoms with Gasteiger partial charge in [-0.25, -0.2) is 9.97 Å². The van der Waals surface area contributed by atoms with E-state index in [1.807, 2.05) is 0 Å². The van der Waals surface area contributed by atoms with Gasteiger partial charge in [-0.05, 0) is 0 Å². The van der Waals surface area contributed by atoms with Crippen LogP contribution in [0.1, 0.15) is 2.74 Å². The molecule has 0 spiro atoms. The van der Waals surface area contributed by atoms with E-state index in [-0.39, 0.29) is 23.6 Å². The Balaban J connectivity index is 2.98. The summed E-state index contributed by atoms with van der Waals surface area (Å²) in [5.74, 6) is 0. The largest absolute Gasteiger partial charge is 0.330 e. The Bertz CT molecular complexity index is 484. The zero-order valence-electron chi connectivity index (χ0n) is 6.89. The van der Waals surface area contributed by atoms with Gasteiger partial charge in [-0.1, -0.05) is 0 Å². The Labute approximate surface area is 58.5 Å². The smallest absolute Gasteiger partial charge is 0.162 e. The average molecular weight is 139 g/mol. The highest BCUT2D eigenvalue weighted by atomic mass is 15.0. The summed E-state index contributed by atoms with van der Waals surface area (Å²) in [4.78, 5) is 12.3. The number of imidazole rings is 1. The van der Waals surface area contributed by atoms with Gasteiger partial charge in [-0.15, -0.1) is 0 Å². The summed E-state index contributed by atoms with van der Waals surface area (Å²) in [5, 5.41) is 7.34. The lowest BCUT2D eigenvalue weighted by Gasteiger charge is -1.84. The van der Waals surface area contributed by atoms with Crippen LogP contribution in [0.4, 0.5) is 0 Å². The van der Waals surface area contributed by atoms with Crippen LogP contribution in [-0.2, 0) is 0 Å². The van der Waals surface area contributed by atoms with E-state index in [1.165, 1.54) is 0 Å². The standard InChI is InChI=1S/C5H5N5/c6-4-3-5(9-1-7-3)10-2-8-4/h1-2H,(H3,6,7,8,9,10)/i1T,2T. The first kappa shape index (κ1) is 3.50. The molecule has 0 saturated heterocycles. The van der Waals surface area contributed by atoms with Crippen LogP contribution in [0.5, 0.6) is 0 Å². The van der Waals surface area contributed by atoms with Crippen LogP contribution in [0.3, 0.4) is 0 Å². The van der Waals surface area contributed by atoms with E-state index < -0.39 is 0 Å². The Morgan fingerprint density at radius 1 is 1.40 bits per heavy atom. The molecule has 0 atom stereocenters. The number of nitrogens with one attached hydrogen (secondary N) is 3. The molecular weight excluding hydrogens is 130 g/mol. The number of H-pyrrole nitrogens is 2. The molecule has 0 aliphatic rings. The van der Waals surface area contributed by atoms with Crippen LogP contribution in [0.25, 0.3) is 11.2 Å². The topological polar surface area (TPSA) is 81.2 Å². The molecule has 50 valence electrons. The lowest BCUT2D eigenvalue weighted by molar-refractivity contribution is 1.07. The zero-order valence-corrected chi connectivity index (χ0v) is 4.89. The normalized spacial score (nSPS) is 13.2. The second-order valence-corrected chi connectivity index (χ2v) is 1.77. The van der Waals surface area contributed by atoms with Gasteiger partial charge in [0.05, 0.1) is 12.6 Å². The lowest BCUT2D eigenvalue weighted by atomic mass is 10.5. The molecule has 2 aromatic heterocycles. The van der Waals surface area contributed by atoms with Crippen LogP contribution in [-0.4, -0.2) is 19.9 Å². The van der Waals surface area contributed by atoms with E-state index in [1.54, 1.807) is 0 Å². The lowest BCUT2D eigenvalue weighted by Crippen LogP contribution is -2.05. The van der Waals surface area contributed by atoms with Crippen molar-refractivity contribution in [3.05, 3.63) is 18.1 Å². The highest BCUT2D eigenvalue weighted by Crippen LogP contribution is 1.93. The predicted molar refractivity (Wildman–Crippen MR) is 34.1 cm³/mol. The Morgan fingerprint density at radius 2 is 2.20 bits per heavy atom. The molecule has 10 heavy (non-hydrogen) atoms. The molecule has 0 saturated carbocycles.